The van der Waals surface area contributed by atoms with Gasteiger partial charge in [-0.15, -0.1) is 0 Å². The lowest BCUT2D eigenvalue weighted by molar-refractivity contribution is -0.141. The highest BCUT2D eigenvalue weighted by molar-refractivity contribution is 5.32. The molecule has 0 amide bonds. The van der Waals surface area contributed by atoms with E-state index >= 15 is 0 Å². The second-order valence-corrected chi connectivity index (χ2v) is 6.30. The molecule has 134 valence electrons. The van der Waals surface area contributed by atoms with Crippen molar-refractivity contribution < 1.29 is 13.2 Å². The van der Waals surface area contributed by atoms with Gasteiger partial charge in [-0.3, -0.25) is 9.88 Å². The first kappa shape index (κ1) is 17.6. The Morgan fingerprint density at radius 3 is 2.76 bits per heavy atom. The maximum absolute atomic E-state index is 12.8. The number of pyridine rings is 1. The molecule has 0 spiro atoms. The quantitative estimate of drug-likeness (QED) is 0.848. The smallest absolute Gasteiger partial charge is 0.340 e. The van der Waals surface area contributed by atoms with Crippen LogP contribution in [0.1, 0.15) is 23.5 Å². The van der Waals surface area contributed by atoms with Crippen LogP contribution in [0.3, 0.4) is 0 Å². The lowest BCUT2D eigenvalue weighted by Gasteiger charge is -2.25. The summed E-state index contributed by atoms with van der Waals surface area (Å²) in [5, 5.41) is 0. The van der Waals surface area contributed by atoms with Gasteiger partial charge in [-0.05, 0) is 31.5 Å². The predicted octanol–water partition coefficient (Wildman–Crippen LogP) is 2.91. The Hall–Kier alpha value is -2.22. The first-order valence-corrected chi connectivity index (χ1v) is 8.11. The number of aromatic nitrogens is 3. The van der Waals surface area contributed by atoms with Gasteiger partial charge in [0.05, 0.1) is 5.69 Å². The summed E-state index contributed by atoms with van der Waals surface area (Å²) in [7, 11) is 1.74. The van der Waals surface area contributed by atoms with Crippen LogP contribution >= 0.6 is 0 Å². The van der Waals surface area contributed by atoms with Crippen LogP contribution in [0, 0.1) is 6.92 Å². The molecule has 0 N–H and O–H groups in total. The van der Waals surface area contributed by atoms with Crippen molar-refractivity contribution >= 4 is 5.95 Å². The number of nitrogens with zero attached hydrogens (tertiary/aromatic N) is 5. The van der Waals surface area contributed by atoms with E-state index < -0.39 is 11.9 Å². The number of likely N-dealkylation sites (tertiary alicyclic amines) is 1. The van der Waals surface area contributed by atoms with Crippen LogP contribution in [0.5, 0.6) is 0 Å². The zero-order valence-electron chi connectivity index (χ0n) is 14.2. The van der Waals surface area contributed by atoms with E-state index in [4.69, 9.17) is 0 Å². The molecule has 25 heavy (non-hydrogen) atoms. The summed E-state index contributed by atoms with van der Waals surface area (Å²) in [5.41, 5.74) is 1.06. The molecule has 0 aromatic carbocycles. The number of hydrogen-bond donors (Lipinski definition) is 0. The standard InChI is InChI=1S/C17H20F3N5/c1-12-4-3-5-13(22-12)10-25-9-7-14(11-25)24(2)16-21-8-6-15(23-16)17(18,19)20/h3-6,8,14H,7,9-11H2,1-2H3. The molecular formula is C17H20F3N5. The molecule has 0 saturated carbocycles. The maximum atomic E-state index is 12.8. The van der Waals surface area contributed by atoms with Crippen LogP contribution in [0.25, 0.3) is 0 Å². The lowest BCUT2D eigenvalue weighted by atomic mass is 10.2. The Balaban J connectivity index is 1.65. The fourth-order valence-corrected chi connectivity index (χ4v) is 3.03. The van der Waals surface area contributed by atoms with Crippen molar-refractivity contribution in [3.63, 3.8) is 0 Å². The van der Waals surface area contributed by atoms with Gasteiger partial charge in [0.25, 0.3) is 0 Å². The third kappa shape index (κ3) is 4.25. The second kappa shape index (κ2) is 6.95. The van der Waals surface area contributed by atoms with Gasteiger partial charge in [0, 0.05) is 44.6 Å². The number of hydrogen-bond acceptors (Lipinski definition) is 5. The highest BCUT2D eigenvalue weighted by atomic mass is 19.4. The molecule has 0 aliphatic carbocycles. The SMILES string of the molecule is Cc1cccc(CN2CCC(N(C)c3nccc(C(F)(F)F)n3)C2)n1. The van der Waals surface area contributed by atoms with Crippen molar-refractivity contribution in [2.75, 3.05) is 25.0 Å². The lowest BCUT2D eigenvalue weighted by Crippen LogP contribution is -2.36. The minimum Gasteiger partial charge on any atom is -0.340 e. The van der Waals surface area contributed by atoms with Gasteiger partial charge in [-0.25, -0.2) is 9.97 Å². The summed E-state index contributed by atoms with van der Waals surface area (Å²) < 4.78 is 38.5. The molecular weight excluding hydrogens is 331 g/mol. The van der Waals surface area contributed by atoms with E-state index in [9.17, 15) is 13.2 Å². The van der Waals surface area contributed by atoms with Crippen molar-refractivity contribution in [2.45, 2.75) is 32.1 Å². The highest BCUT2D eigenvalue weighted by Crippen LogP contribution is 2.28. The van der Waals surface area contributed by atoms with E-state index in [1.165, 1.54) is 0 Å². The Kier molecular flexibility index (Phi) is 4.89. The molecule has 2 aromatic heterocycles. The third-order valence-corrected chi connectivity index (χ3v) is 4.38. The van der Waals surface area contributed by atoms with Crippen molar-refractivity contribution in [3.8, 4) is 0 Å². The minimum absolute atomic E-state index is 0.0771. The zero-order valence-corrected chi connectivity index (χ0v) is 14.2. The van der Waals surface area contributed by atoms with Crippen LogP contribution in [-0.4, -0.2) is 46.0 Å². The number of rotatable bonds is 4. The Morgan fingerprint density at radius 2 is 2.04 bits per heavy atom. The van der Waals surface area contributed by atoms with Gasteiger partial charge in [-0.1, -0.05) is 6.07 Å². The Bertz CT molecular complexity index is 734. The molecule has 2 aromatic rings. The molecule has 8 heteroatoms. The molecule has 1 aliphatic rings. The van der Waals surface area contributed by atoms with E-state index in [2.05, 4.69) is 19.9 Å². The van der Waals surface area contributed by atoms with E-state index in [0.29, 0.717) is 0 Å². The third-order valence-electron chi connectivity index (χ3n) is 4.38. The molecule has 1 aliphatic heterocycles. The van der Waals surface area contributed by atoms with Crippen molar-refractivity contribution in [2.24, 2.45) is 0 Å². The zero-order chi connectivity index (χ0) is 18.0. The number of aryl methyl sites for hydroxylation is 1. The summed E-state index contributed by atoms with van der Waals surface area (Å²) >= 11 is 0. The Labute approximate surface area is 144 Å². The maximum Gasteiger partial charge on any atom is 0.433 e. The average molecular weight is 351 g/mol. The minimum atomic E-state index is -4.46. The van der Waals surface area contributed by atoms with Gasteiger partial charge in [0.1, 0.15) is 5.69 Å². The summed E-state index contributed by atoms with van der Waals surface area (Å²) in [6, 6.07) is 6.89. The fourth-order valence-electron chi connectivity index (χ4n) is 3.03. The van der Waals surface area contributed by atoms with Gasteiger partial charge in [0.15, 0.2) is 0 Å². The average Bonchev–Trinajstić information content (AvgIpc) is 3.02. The number of anilines is 1. The molecule has 5 nitrogen and oxygen atoms in total. The normalized spacial score (nSPS) is 18.5. The van der Waals surface area contributed by atoms with E-state index in [-0.39, 0.29) is 12.0 Å². The van der Waals surface area contributed by atoms with Crippen molar-refractivity contribution in [1.82, 2.24) is 19.9 Å². The molecule has 0 bridgehead atoms. The van der Waals surface area contributed by atoms with Gasteiger partial charge < -0.3 is 4.90 Å². The van der Waals surface area contributed by atoms with Crippen LogP contribution in [0.2, 0.25) is 0 Å². The Morgan fingerprint density at radius 1 is 1.24 bits per heavy atom. The number of alkyl halides is 3. The van der Waals surface area contributed by atoms with Gasteiger partial charge >= 0.3 is 6.18 Å². The highest BCUT2D eigenvalue weighted by Gasteiger charge is 2.34. The summed E-state index contributed by atoms with van der Waals surface area (Å²) in [6.07, 6.45) is -2.45. The summed E-state index contributed by atoms with van der Waals surface area (Å²) in [5.74, 6) is 0.107. The fraction of sp³-hybridized carbons (Fsp3) is 0.471. The first-order chi connectivity index (χ1) is 11.8. The van der Waals surface area contributed by atoms with Crippen LogP contribution in [0.15, 0.2) is 30.5 Å². The first-order valence-electron chi connectivity index (χ1n) is 8.11. The van der Waals surface area contributed by atoms with Crippen molar-refractivity contribution in [3.05, 3.63) is 47.5 Å². The summed E-state index contributed by atoms with van der Waals surface area (Å²) in [6.45, 7) is 4.29. The summed E-state index contributed by atoms with van der Waals surface area (Å²) in [4.78, 5) is 16.2. The van der Waals surface area contributed by atoms with E-state index in [1.54, 1.807) is 11.9 Å². The molecule has 1 saturated heterocycles. The molecule has 1 unspecified atom stereocenters. The van der Waals surface area contributed by atoms with Gasteiger partial charge in [0.2, 0.25) is 5.95 Å². The number of halogens is 3. The van der Waals surface area contributed by atoms with E-state index in [0.717, 1.165) is 49.7 Å². The van der Waals surface area contributed by atoms with Crippen LogP contribution in [-0.2, 0) is 12.7 Å². The van der Waals surface area contributed by atoms with Gasteiger partial charge in [-0.2, -0.15) is 13.2 Å². The molecule has 1 atom stereocenters. The van der Waals surface area contributed by atoms with Crippen LogP contribution < -0.4 is 4.90 Å². The predicted molar refractivity (Wildman–Crippen MR) is 88.1 cm³/mol. The molecule has 0 radical (unpaired) electrons. The molecule has 3 rings (SSSR count). The van der Waals surface area contributed by atoms with Crippen molar-refractivity contribution in [1.29, 1.82) is 0 Å². The number of likely N-dealkylation sites (N-methyl/N-ethyl adjacent to an activating group) is 1. The monoisotopic (exact) mass is 351 g/mol. The largest absolute Gasteiger partial charge is 0.433 e. The van der Waals surface area contributed by atoms with Crippen LogP contribution in [0.4, 0.5) is 19.1 Å². The topological polar surface area (TPSA) is 45.2 Å². The van der Waals surface area contributed by atoms with E-state index in [1.807, 2.05) is 25.1 Å². The molecule has 1 fully saturated rings. The second-order valence-electron chi connectivity index (χ2n) is 6.30. The molecule has 3 heterocycles.